The Morgan fingerprint density at radius 3 is 1.37 bits per heavy atom. The second-order valence-electron chi connectivity index (χ2n) is 15.7. The van der Waals surface area contributed by atoms with Crippen LogP contribution in [0.15, 0.2) is 249 Å². The second kappa shape index (κ2) is 14.9. The minimum Gasteiger partial charge on any atom is -0.310 e. The van der Waals surface area contributed by atoms with E-state index in [1.807, 2.05) is 0 Å². The lowest BCUT2D eigenvalue weighted by molar-refractivity contribution is 0.768. The van der Waals surface area contributed by atoms with Gasteiger partial charge in [0.2, 0.25) is 0 Å². The van der Waals surface area contributed by atoms with Crippen molar-refractivity contribution in [3.05, 3.63) is 271 Å². The molecule has 0 fully saturated rings. The molecule has 0 spiro atoms. The van der Waals surface area contributed by atoms with Gasteiger partial charge in [-0.05, 0) is 120 Å². The molecule has 0 unspecified atom stereocenters. The fraction of sp³-hybridized carbons (Fsp3) is 0.0169. The Hall–Kier alpha value is -7.74. The Morgan fingerprint density at radius 1 is 0.250 bits per heavy atom. The highest BCUT2D eigenvalue weighted by Gasteiger charge is 2.46. The Kier molecular flexibility index (Phi) is 8.79. The number of nitrogens with zero attached hydrogens (tertiary/aromatic N) is 1. The lowest BCUT2D eigenvalue weighted by Gasteiger charge is -2.35. The average molecular weight is 764 g/mol. The van der Waals surface area contributed by atoms with Gasteiger partial charge in [0.25, 0.3) is 0 Å². The van der Waals surface area contributed by atoms with Gasteiger partial charge in [0.05, 0.1) is 5.41 Å². The molecule has 1 aliphatic rings. The van der Waals surface area contributed by atoms with Crippen LogP contribution < -0.4 is 4.90 Å². The Balaban J connectivity index is 1.11. The Morgan fingerprint density at radius 2 is 0.700 bits per heavy atom. The minimum atomic E-state index is -0.509. The molecule has 0 saturated heterocycles. The van der Waals surface area contributed by atoms with Gasteiger partial charge in [-0.25, -0.2) is 0 Å². The summed E-state index contributed by atoms with van der Waals surface area (Å²) >= 11 is 0. The molecule has 60 heavy (non-hydrogen) atoms. The summed E-state index contributed by atoms with van der Waals surface area (Å²) in [7, 11) is 0. The molecule has 0 amide bonds. The highest BCUT2D eigenvalue weighted by atomic mass is 15.1. The molecule has 0 radical (unpaired) electrons. The van der Waals surface area contributed by atoms with Crippen molar-refractivity contribution in [3.8, 4) is 44.5 Å². The lowest BCUT2D eigenvalue weighted by atomic mass is 9.67. The molecule has 1 nitrogen and oxygen atoms in total. The molecule has 0 saturated carbocycles. The van der Waals surface area contributed by atoms with E-state index in [9.17, 15) is 0 Å². The predicted octanol–water partition coefficient (Wildman–Crippen LogP) is 15.7. The highest BCUT2D eigenvalue weighted by molar-refractivity contribution is 5.92. The molecule has 1 heteroatoms. The highest BCUT2D eigenvalue weighted by Crippen LogP contribution is 2.57. The van der Waals surface area contributed by atoms with Crippen LogP contribution in [0.2, 0.25) is 0 Å². The van der Waals surface area contributed by atoms with Crippen molar-refractivity contribution in [3.63, 3.8) is 0 Å². The van der Waals surface area contributed by atoms with Crippen molar-refractivity contribution in [1.82, 2.24) is 0 Å². The van der Waals surface area contributed by atoms with Crippen LogP contribution in [-0.4, -0.2) is 0 Å². The summed E-state index contributed by atoms with van der Waals surface area (Å²) < 4.78 is 0. The predicted molar refractivity (Wildman–Crippen MR) is 252 cm³/mol. The van der Waals surface area contributed by atoms with E-state index in [2.05, 4.69) is 254 Å². The molecule has 0 atom stereocenters. The Labute approximate surface area is 352 Å². The summed E-state index contributed by atoms with van der Waals surface area (Å²) in [5, 5.41) is 2.48. The van der Waals surface area contributed by atoms with Gasteiger partial charge in [-0.3, -0.25) is 0 Å². The van der Waals surface area contributed by atoms with Gasteiger partial charge in [0, 0.05) is 17.1 Å². The molecule has 10 aromatic carbocycles. The molecule has 0 aliphatic heterocycles. The normalized spacial score (nSPS) is 12.5. The van der Waals surface area contributed by atoms with Gasteiger partial charge in [-0.1, -0.05) is 206 Å². The van der Waals surface area contributed by atoms with Crippen molar-refractivity contribution in [2.45, 2.75) is 5.41 Å². The van der Waals surface area contributed by atoms with Crippen LogP contribution in [0.1, 0.15) is 22.3 Å². The summed E-state index contributed by atoms with van der Waals surface area (Å²) in [6, 6.07) is 91.1. The van der Waals surface area contributed by atoms with Crippen molar-refractivity contribution >= 4 is 27.8 Å². The number of hydrogen-bond acceptors (Lipinski definition) is 1. The van der Waals surface area contributed by atoms with Crippen LogP contribution in [0.4, 0.5) is 17.1 Å². The van der Waals surface area contributed by atoms with Gasteiger partial charge in [0.1, 0.15) is 0 Å². The third-order valence-electron chi connectivity index (χ3n) is 12.3. The molecule has 0 bridgehead atoms. The van der Waals surface area contributed by atoms with Crippen LogP contribution in [0.3, 0.4) is 0 Å². The van der Waals surface area contributed by atoms with E-state index in [0.717, 1.165) is 17.1 Å². The van der Waals surface area contributed by atoms with Crippen LogP contribution >= 0.6 is 0 Å². The third kappa shape index (κ3) is 6.03. The summed E-state index contributed by atoms with van der Waals surface area (Å²) in [4.78, 5) is 2.44. The summed E-state index contributed by atoms with van der Waals surface area (Å²) in [5.41, 5.74) is 17.6. The number of anilines is 3. The molecule has 0 heterocycles. The maximum absolute atomic E-state index is 2.46. The van der Waals surface area contributed by atoms with Gasteiger partial charge in [-0.2, -0.15) is 0 Å². The fourth-order valence-electron chi connectivity index (χ4n) is 9.52. The largest absolute Gasteiger partial charge is 0.310 e. The topological polar surface area (TPSA) is 3.24 Å². The van der Waals surface area contributed by atoms with E-state index < -0.39 is 5.41 Å². The van der Waals surface area contributed by atoms with E-state index in [1.165, 1.54) is 77.5 Å². The van der Waals surface area contributed by atoms with E-state index in [0.29, 0.717) is 0 Å². The second-order valence-corrected chi connectivity index (χ2v) is 15.7. The SMILES string of the molecule is c1ccc(-c2ccc(-c3cccc(N(c4cccc(-c5ccc6ccccc6c5)c4)c4ccc5c(c4)C(c4ccccc4)(c4ccccc4)c4ccccc4-5)c3)cc2)cc1. The molecular weight excluding hydrogens is 723 g/mol. The first-order valence-electron chi connectivity index (χ1n) is 20.7. The van der Waals surface area contributed by atoms with Crippen molar-refractivity contribution in [2.24, 2.45) is 0 Å². The minimum absolute atomic E-state index is 0.509. The molecule has 0 aromatic heterocycles. The lowest BCUT2D eigenvalue weighted by Crippen LogP contribution is -2.28. The average Bonchev–Trinajstić information content (AvgIpc) is 3.63. The standard InChI is InChI=1S/C59H41N/c1-4-16-42(17-5-1)44-30-32-45(33-31-44)47-20-14-26-52(39-47)60(53-27-15-21-48(40-53)49-35-34-43-18-10-11-19-46(43)38-49)54-36-37-56-55-28-12-13-29-57(55)59(58(56)41-54,50-22-6-2-7-23-50)51-24-8-3-9-25-51/h1-41H. The first-order chi connectivity index (χ1) is 29.7. The molecule has 282 valence electrons. The number of fused-ring (bicyclic) bond motifs is 4. The molecule has 11 rings (SSSR count). The van der Waals surface area contributed by atoms with E-state index in [-0.39, 0.29) is 0 Å². The molecule has 1 aliphatic carbocycles. The van der Waals surface area contributed by atoms with Crippen LogP contribution in [0.5, 0.6) is 0 Å². The summed E-state index contributed by atoms with van der Waals surface area (Å²) in [6.45, 7) is 0. The maximum Gasteiger partial charge on any atom is 0.0714 e. The fourth-order valence-corrected chi connectivity index (χ4v) is 9.52. The summed E-state index contributed by atoms with van der Waals surface area (Å²) in [5.74, 6) is 0. The van der Waals surface area contributed by atoms with Crippen molar-refractivity contribution < 1.29 is 0 Å². The molecule has 0 N–H and O–H groups in total. The first-order valence-corrected chi connectivity index (χ1v) is 20.7. The molecule has 10 aromatic rings. The Bertz CT molecular complexity index is 3090. The summed E-state index contributed by atoms with van der Waals surface area (Å²) in [6.07, 6.45) is 0. The van der Waals surface area contributed by atoms with E-state index in [1.54, 1.807) is 0 Å². The van der Waals surface area contributed by atoms with Crippen LogP contribution in [-0.2, 0) is 5.41 Å². The smallest absolute Gasteiger partial charge is 0.0714 e. The van der Waals surface area contributed by atoms with Crippen LogP contribution in [0.25, 0.3) is 55.3 Å². The zero-order valence-corrected chi connectivity index (χ0v) is 33.1. The monoisotopic (exact) mass is 763 g/mol. The van der Waals surface area contributed by atoms with E-state index in [4.69, 9.17) is 0 Å². The number of hydrogen-bond donors (Lipinski definition) is 0. The molecular formula is C59H41N. The quantitative estimate of drug-likeness (QED) is 0.149. The van der Waals surface area contributed by atoms with Crippen LogP contribution in [0, 0.1) is 0 Å². The van der Waals surface area contributed by atoms with Crippen molar-refractivity contribution in [2.75, 3.05) is 4.90 Å². The zero-order chi connectivity index (χ0) is 39.9. The first kappa shape index (κ1) is 35.4. The van der Waals surface area contributed by atoms with Gasteiger partial charge >= 0.3 is 0 Å². The third-order valence-corrected chi connectivity index (χ3v) is 12.3. The number of rotatable bonds is 8. The zero-order valence-electron chi connectivity index (χ0n) is 33.1. The van der Waals surface area contributed by atoms with Gasteiger partial charge in [-0.15, -0.1) is 0 Å². The van der Waals surface area contributed by atoms with Gasteiger partial charge < -0.3 is 4.90 Å². The maximum atomic E-state index is 2.46. The van der Waals surface area contributed by atoms with Crippen molar-refractivity contribution in [1.29, 1.82) is 0 Å². The van der Waals surface area contributed by atoms with Gasteiger partial charge in [0.15, 0.2) is 0 Å². The number of benzene rings is 10. The van der Waals surface area contributed by atoms with E-state index >= 15 is 0 Å².